The first-order valence-electron chi connectivity index (χ1n) is 59.8. The van der Waals surface area contributed by atoms with E-state index in [0.29, 0.717) is 118 Å². The van der Waals surface area contributed by atoms with Gasteiger partial charge in [-0.2, -0.15) is 0 Å². The number of rotatable bonds is 25. The van der Waals surface area contributed by atoms with E-state index in [0.717, 1.165) is 315 Å². The number of nitrogens with one attached hydrogen (secondary N) is 2. The van der Waals surface area contributed by atoms with E-state index >= 15 is 0 Å². The number of nitrogens with two attached hydrogens (primary N) is 2. The van der Waals surface area contributed by atoms with Gasteiger partial charge in [-0.3, -0.25) is 33.6 Å². The van der Waals surface area contributed by atoms with Crippen LogP contribution in [0, 0.1) is 120 Å². The predicted octanol–water partition coefficient (Wildman–Crippen LogP) is 25.0. The third kappa shape index (κ3) is 19.7. The van der Waals surface area contributed by atoms with E-state index < -0.39 is 5.41 Å². The lowest BCUT2D eigenvalue weighted by Gasteiger charge is -2.66. The average molecular weight is 1990 g/mol. The number of carbonyl (C=O) groups excluding carboxylic acids is 7. The van der Waals surface area contributed by atoms with E-state index in [9.17, 15) is 38.7 Å². The van der Waals surface area contributed by atoms with Gasteiger partial charge in [0.15, 0.2) is 0 Å². The van der Waals surface area contributed by atoms with Crippen LogP contribution in [0.25, 0.3) is 0 Å². The number of ketones is 5. The molecule has 0 radical (unpaired) electrons. The fourth-order valence-corrected chi connectivity index (χ4v) is 41.6. The van der Waals surface area contributed by atoms with Crippen molar-refractivity contribution in [2.45, 2.75) is 406 Å². The van der Waals surface area contributed by atoms with Crippen LogP contribution >= 0.6 is 0 Å². The first-order valence-corrected chi connectivity index (χ1v) is 59.8. The van der Waals surface area contributed by atoms with Crippen LogP contribution in [0.2, 0.25) is 0 Å². The molecular formula is C131H181N5O10. The molecule has 0 spiro atoms. The number of likely N-dealkylation sites (tertiary alicyclic amines) is 1. The maximum absolute atomic E-state index is 14.1. The minimum Gasteiger partial charge on any atom is -0.469 e. The van der Waals surface area contributed by atoms with Crippen LogP contribution in [-0.4, -0.2) is 128 Å². The number of ether oxygens (including phenoxy) is 2. The number of hydrogen-bond donors (Lipinski definition) is 5. The summed E-state index contributed by atoms with van der Waals surface area (Å²) in [6.45, 7) is 16.4. The Kier molecular flexibility index (Phi) is 28.8. The SMILES string of the molecule is CC1CNCCC1CC(=O)C12CC3CC(C)(C1)CC(c1ccccc1)(C3)C2.CCOC12CC3CC(C(=O)CC4CCNCC4)(C1)CC(c1ccccc1)(C3)C2.COC(=O)C12CC3CC(C(=O)CC4CCC(C)CC4)(C1)CC(c1ccccc1)(C3)C2.NC1CCC(CC(=O)C23CC4CC(C(=O)N5CCCC5)(C2)CC(c2ccccc2)(C4)C3)CC1.NC1CCC(CC(=O)C23CC4CC(CO)(C2)CC(c2ccccc2)(C4)C3)CC1. The van der Waals surface area contributed by atoms with Gasteiger partial charge in [0.25, 0.3) is 0 Å². The van der Waals surface area contributed by atoms with Crippen LogP contribution in [0.15, 0.2) is 152 Å². The number of methoxy groups -OCH3 is 1. The number of amides is 1. The summed E-state index contributed by atoms with van der Waals surface area (Å²) in [5.41, 5.74) is 18.1. The maximum atomic E-state index is 14.1. The first kappa shape index (κ1) is 104. The third-order valence-corrected chi connectivity index (χ3v) is 45.5. The summed E-state index contributed by atoms with van der Waals surface area (Å²) in [7, 11) is 1.52. The van der Waals surface area contributed by atoms with Crippen molar-refractivity contribution in [3.8, 4) is 0 Å². The monoisotopic (exact) mass is 1980 g/mol. The van der Waals surface area contributed by atoms with Gasteiger partial charge in [-0.15, -0.1) is 0 Å². The molecule has 7 N–H and O–H groups in total. The highest BCUT2D eigenvalue weighted by Gasteiger charge is 2.73. The lowest BCUT2D eigenvalue weighted by atomic mass is 9.37. The molecule has 22 atom stereocenters. The van der Waals surface area contributed by atoms with Crippen LogP contribution in [0.5, 0.6) is 0 Å². The molecule has 3 saturated heterocycles. The first-order chi connectivity index (χ1) is 70.3. The van der Waals surface area contributed by atoms with Gasteiger partial charge in [0, 0.05) is 97.6 Å². The van der Waals surface area contributed by atoms with Crippen molar-refractivity contribution in [3.05, 3.63) is 179 Å². The number of esters is 1. The fourth-order valence-electron chi connectivity index (χ4n) is 41.6. The zero-order valence-electron chi connectivity index (χ0n) is 90.2. The Balaban J connectivity index is 0.000000104. The number of Topliss-reactive ketones (excluding diaryl/α,β-unsaturated/α-hetero) is 5. The molecule has 26 fully saturated rings. The standard InChI is InChI=1S/C29H40N2O2.C27H36O3.2C25H35NO2.C25H35NO/c30-24-10-8-21(9-11-24)14-25(32)28-16-22-15-27(18-28,23-6-2-1-3-7-23)19-29(17-22,20-28)26(33)31-12-4-5-13-31;1-19-8-10-20(11-9-19)12-23(28)26-14-21-13-25(16-26,22-6-4-3-5-7-22)17-27(15-21,18-26)24(29)30-2;1-2-28-25-15-20-13-23(17-25,21-6-4-3-5-7-21)16-24(14-20,18-25)22(27)12-19-8-10-26-11-9-19;26-21-8-6-18(7-9-21)10-22(28)25-13-19-11-23(15-25,17-27)14-24(12-19,16-25)20-4-2-1-3-5-20;1-18-14-26-9-8-20(18)10-22(27)25-13-19-11-23(2,16-25)15-24(12-19,17-25)21-6-4-3-5-7-21/h1-3,6-7,21-22,24H,4-5,8-20,30H2;3-7,19-21H,8-18H2,1-2H3;3-7,19-20,26H,2,8-18H2,1H3;1-5,18-19,21,27H,6-17,26H2;3-7,18-20,26H,8-17H2,1-2H3. The molecule has 20 bridgehead atoms. The van der Waals surface area contributed by atoms with Crippen molar-refractivity contribution in [2.24, 2.45) is 131 Å². The molecule has 15 heteroatoms. The summed E-state index contributed by atoms with van der Waals surface area (Å²) < 4.78 is 11.8. The smallest absolute Gasteiger partial charge is 0.311 e. The highest BCUT2D eigenvalue weighted by Crippen LogP contribution is 2.77. The normalized spacial score (nSPS) is 42.8. The van der Waals surface area contributed by atoms with Crippen molar-refractivity contribution in [1.82, 2.24) is 15.5 Å². The number of aliphatic hydroxyl groups excluding tert-OH is 1. The predicted molar refractivity (Wildman–Crippen MR) is 578 cm³/mol. The second kappa shape index (κ2) is 40.5. The molecule has 146 heavy (non-hydrogen) atoms. The fraction of sp³-hybridized carbons (Fsp3) is 0.718. The molecule has 22 unspecified atom stereocenters. The molecule has 15 nitrogen and oxygen atoms in total. The number of piperidine rings is 2. The lowest BCUT2D eigenvalue weighted by Crippen LogP contribution is -2.64. The summed E-state index contributed by atoms with van der Waals surface area (Å²) in [5, 5.41) is 17.4. The number of carbonyl (C=O) groups is 7. The molecule has 5 aromatic rings. The Bertz CT molecular complexity index is 5490. The molecule has 1 amide bonds. The Morgan fingerprint density at radius 2 is 0.705 bits per heavy atom. The van der Waals surface area contributed by atoms with E-state index in [-0.39, 0.29) is 83.2 Å². The van der Waals surface area contributed by atoms with E-state index in [1.807, 2.05) is 0 Å². The average Bonchev–Trinajstić information content (AvgIpc) is 0.793. The molecule has 3 aliphatic heterocycles. The molecule has 5 aromatic carbocycles. The Morgan fingerprint density at radius 3 is 1.14 bits per heavy atom. The quantitative estimate of drug-likeness (QED) is 0.0342. The second-order valence-corrected chi connectivity index (χ2v) is 56.6. The third-order valence-electron chi connectivity index (χ3n) is 45.5. The van der Waals surface area contributed by atoms with Crippen molar-refractivity contribution in [3.63, 3.8) is 0 Å². The zero-order chi connectivity index (χ0) is 101. The van der Waals surface area contributed by atoms with Crippen molar-refractivity contribution in [2.75, 3.05) is 59.6 Å². The molecule has 23 saturated carbocycles. The van der Waals surface area contributed by atoms with E-state index in [1.54, 1.807) is 0 Å². The van der Waals surface area contributed by atoms with Crippen LogP contribution < -0.4 is 22.1 Å². The second-order valence-electron chi connectivity index (χ2n) is 56.6. The minimum atomic E-state index is -0.471. The van der Waals surface area contributed by atoms with Gasteiger partial charge in [0.1, 0.15) is 28.9 Å². The summed E-state index contributed by atoms with van der Waals surface area (Å²) >= 11 is 0. The van der Waals surface area contributed by atoms with Crippen LogP contribution in [0.1, 0.15) is 389 Å². The number of benzene rings is 5. The summed E-state index contributed by atoms with van der Waals surface area (Å²) in [6, 6.07) is 55.4. The molecule has 3 heterocycles. The van der Waals surface area contributed by atoms with Crippen LogP contribution in [0.3, 0.4) is 0 Å². The minimum absolute atomic E-state index is 0.0133. The van der Waals surface area contributed by atoms with Gasteiger partial charge in [0.05, 0.1) is 23.5 Å². The van der Waals surface area contributed by atoms with E-state index in [2.05, 4.69) is 195 Å². The molecule has 31 rings (SSSR count). The van der Waals surface area contributed by atoms with Crippen LogP contribution in [-0.2, 0) is 70.1 Å². The maximum Gasteiger partial charge on any atom is 0.311 e. The number of aliphatic hydroxyl groups is 1. The topological polar surface area (TPSA) is 238 Å². The van der Waals surface area contributed by atoms with Gasteiger partial charge >= 0.3 is 5.97 Å². The molecular weight excluding hydrogens is 1800 g/mol. The lowest BCUT2D eigenvalue weighted by molar-refractivity contribution is -0.203. The number of nitrogens with zero attached hydrogens (tertiary/aromatic N) is 1. The van der Waals surface area contributed by atoms with Crippen molar-refractivity contribution >= 4 is 40.8 Å². The zero-order valence-corrected chi connectivity index (χ0v) is 90.2. The highest BCUT2D eigenvalue weighted by molar-refractivity contribution is 5.92. The molecule has 23 aliphatic carbocycles. The molecule has 790 valence electrons. The van der Waals surface area contributed by atoms with Gasteiger partial charge in [-0.25, -0.2) is 0 Å². The van der Waals surface area contributed by atoms with Crippen molar-refractivity contribution in [1.29, 1.82) is 0 Å². The van der Waals surface area contributed by atoms with Crippen LogP contribution in [0.4, 0.5) is 0 Å². The largest absolute Gasteiger partial charge is 0.469 e. The summed E-state index contributed by atoms with van der Waals surface area (Å²) in [6.07, 6.45) is 54.9. The molecule has 26 aliphatic rings. The van der Waals surface area contributed by atoms with Gasteiger partial charge < -0.3 is 41.6 Å². The van der Waals surface area contributed by atoms with Gasteiger partial charge in [-0.1, -0.05) is 185 Å². The molecule has 0 aromatic heterocycles. The summed E-state index contributed by atoms with van der Waals surface area (Å²) in [4.78, 5) is 98.8. The number of hydrogen-bond acceptors (Lipinski definition) is 14. The van der Waals surface area contributed by atoms with Crippen molar-refractivity contribution < 1.29 is 48.1 Å². The summed E-state index contributed by atoms with van der Waals surface area (Å²) in [5.74, 6) is 10.0. The highest BCUT2D eigenvalue weighted by atomic mass is 16.5. The van der Waals surface area contributed by atoms with E-state index in [1.165, 1.54) is 106 Å². The van der Waals surface area contributed by atoms with E-state index in [4.69, 9.17) is 20.9 Å². The Hall–Kier alpha value is -6.85. The Labute approximate surface area is 875 Å². The van der Waals surface area contributed by atoms with Gasteiger partial charge in [0.2, 0.25) is 5.91 Å². The Morgan fingerprint density at radius 1 is 0.356 bits per heavy atom. The van der Waals surface area contributed by atoms with Gasteiger partial charge in [-0.05, 0) is 459 Å².